The summed E-state index contributed by atoms with van der Waals surface area (Å²) in [7, 11) is 2.11. The number of hydrogen-bond acceptors (Lipinski definition) is 3. The molecule has 1 spiro atoms. The van der Waals surface area contributed by atoms with Crippen LogP contribution < -0.4 is 0 Å². The molecule has 0 N–H and O–H groups in total. The molecular weight excluding hydrogens is 238 g/mol. The van der Waals surface area contributed by atoms with Crippen molar-refractivity contribution in [2.24, 2.45) is 0 Å². The fourth-order valence-corrected chi connectivity index (χ4v) is 3.43. The van der Waals surface area contributed by atoms with Gasteiger partial charge in [0.05, 0.1) is 0 Å². The first-order chi connectivity index (χ1) is 9.14. The highest BCUT2D eigenvalue weighted by Crippen LogP contribution is 2.32. The molecule has 2 saturated heterocycles. The Morgan fingerprint density at radius 2 is 1.95 bits per heavy atom. The molecule has 2 fully saturated rings. The van der Waals surface area contributed by atoms with Crippen LogP contribution in [0.15, 0.2) is 12.7 Å². The molecule has 2 aliphatic heterocycles. The van der Waals surface area contributed by atoms with E-state index in [0.717, 1.165) is 45.6 Å². The van der Waals surface area contributed by atoms with Crippen LogP contribution >= 0.6 is 0 Å². The lowest BCUT2D eigenvalue weighted by Crippen LogP contribution is -2.67. The van der Waals surface area contributed by atoms with E-state index in [-0.39, 0.29) is 5.54 Å². The van der Waals surface area contributed by atoms with Crippen molar-refractivity contribution >= 4 is 5.91 Å². The van der Waals surface area contributed by atoms with Gasteiger partial charge < -0.3 is 9.80 Å². The second-order valence-corrected chi connectivity index (χ2v) is 5.83. The Kier molecular flexibility index (Phi) is 4.63. The number of rotatable bonds is 4. The fourth-order valence-electron chi connectivity index (χ4n) is 3.43. The van der Waals surface area contributed by atoms with Gasteiger partial charge in [-0.15, -0.1) is 6.58 Å². The molecule has 0 aromatic carbocycles. The number of piperidine rings is 1. The van der Waals surface area contributed by atoms with E-state index in [1.165, 1.54) is 6.42 Å². The Labute approximate surface area is 117 Å². The molecule has 0 saturated carbocycles. The van der Waals surface area contributed by atoms with Gasteiger partial charge in [-0.2, -0.15) is 0 Å². The quantitative estimate of drug-likeness (QED) is 0.715. The molecule has 0 unspecified atom stereocenters. The summed E-state index contributed by atoms with van der Waals surface area (Å²) in [5.74, 6) is 0.317. The SMILES string of the molecule is C=CCN1CCN(C)C2(CCN(CCC)CC2)C1=O. The van der Waals surface area contributed by atoms with E-state index < -0.39 is 0 Å². The average Bonchev–Trinajstić information content (AvgIpc) is 2.42. The minimum atomic E-state index is -0.245. The van der Waals surface area contributed by atoms with Gasteiger partial charge in [0.25, 0.3) is 0 Å². The summed E-state index contributed by atoms with van der Waals surface area (Å²) in [5.41, 5.74) is -0.245. The normalized spacial score (nSPS) is 24.9. The molecule has 0 radical (unpaired) electrons. The van der Waals surface area contributed by atoms with Crippen molar-refractivity contribution in [3.63, 3.8) is 0 Å². The van der Waals surface area contributed by atoms with Gasteiger partial charge in [0.1, 0.15) is 5.54 Å². The summed E-state index contributed by atoms with van der Waals surface area (Å²) in [5, 5.41) is 0. The number of piperazine rings is 1. The maximum absolute atomic E-state index is 12.8. The summed E-state index contributed by atoms with van der Waals surface area (Å²) in [6, 6.07) is 0. The maximum Gasteiger partial charge on any atom is 0.243 e. The van der Waals surface area contributed by atoms with Crippen LogP contribution in [0.5, 0.6) is 0 Å². The predicted molar refractivity (Wildman–Crippen MR) is 78.1 cm³/mol. The number of likely N-dealkylation sites (N-methyl/N-ethyl adjacent to an activating group) is 1. The van der Waals surface area contributed by atoms with Gasteiger partial charge in [-0.25, -0.2) is 0 Å². The lowest BCUT2D eigenvalue weighted by molar-refractivity contribution is -0.153. The minimum absolute atomic E-state index is 0.245. The van der Waals surface area contributed by atoms with E-state index in [2.05, 4.69) is 30.4 Å². The number of carbonyl (C=O) groups is 1. The zero-order chi connectivity index (χ0) is 13.9. The molecule has 0 aromatic rings. The van der Waals surface area contributed by atoms with Gasteiger partial charge in [0.2, 0.25) is 5.91 Å². The Morgan fingerprint density at radius 3 is 2.53 bits per heavy atom. The second-order valence-electron chi connectivity index (χ2n) is 5.83. The van der Waals surface area contributed by atoms with E-state index >= 15 is 0 Å². The van der Waals surface area contributed by atoms with Gasteiger partial charge in [0.15, 0.2) is 0 Å². The molecule has 2 heterocycles. The zero-order valence-corrected chi connectivity index (χ0v) is 12.4. The third-order valence-electron chi connectivity index (χ3n) is 4.69. The fraction of sp³-hybridized carbons (Fsp3) is 0.800. The molecule has 108 valence electrons. The highest BCUT2D eigenvalue weighted by atomic mass is 16.2. The van der Waals surface area contributed by atoms with E-state index in [4.69, 9.17) is 0 Å². The summed E-state index contributed by atoms with van der Waals surface area (Å²) >= 11 is 0. The van der Waals surface area contributed by atoms with Crippen molar-refractivity contribution in [1.82, 2.24) is 14.7 Å². The second kappa shape index (κ2) is 6.06. The third-order valence-corrected chi connectivity index (χ3v) is 4.69. The highest BCUT2D eigenvalue weighted by Gasteiger charge is 2.48. The van der Waals surface area contributed by atoms with Crippen LogP contribution in [0.2, 0.25) is 0 Å². The Hall–Kier alpha value is -0.870. The zero-order valence-electron chi connectivity index (χ0n) is 12.4. The van der Waals surface area contributed by atoms with Crippen molar-refractivity contribution in [3.05, 3.63) is 12.7 Å². The molecule has 0 aromatic heterocycles. The van der Waals surface area contributed by atoms with E-state index in [1.807, 2.05) is 11.0 Å². The molecule has 4 nitrogen and oxygen atoms in total. The van der Waals surface area contributed by atoms with Crippen LogP contribution in [0.3, 0.4) is 0 Å². The summed E-state index contributed by atoms with van der Waals surface area (Å²) in [6.45, 7) is 11.7. The Bertz CT molecular complexity index is 334. The Morgan fingerprint density at radius 1 is 1.26 bits per heavy atom. The average molecular weight is 265 g/mol. The lowest BCUT2D eigenvalue weighted by Gasteiger charge is -2.51. The molecule has 0 aliphatic carbocycles. The van der Waals surface area contributed by atoms with E-state index in [1.54, 1.807) is 0 Å². The number of amides is 1. The largest absolute Gasteiger partial charge is 0.336 e. The van der Waals surface area contributed by atoms with Crippen molar-refractivity contribution < 1.29 is 4.79 Å². The molecule has 19 heavy (non-hydrogen) atoms. The van der Waals surface area contributed by atoms with E-state index in [0.29, 0.717) is 12.5 Å². The van der Waals surface area contributed by atoms with Gasteiger partial charge in [-0.3, -0.25) is 9.69 Å². The van der Waals surface area contributed by atoms with Crippen molar-refractivity contribution in [2.75, 3.05) is 46.3 Å². The molecule has 2 aliphatic rings. The van der Waals surface area contributed by atoms with Crippen LogP contribution in [0.25, 0.3) is 0 Å². The van der Waals surface area contributed by atoms with Gasteiger partial charge in [0, 0.05) is 32.7 Å². The molecule has 0 atom stereocenters. The van der Waals surface area contributed by atoms with Crippen molar-refractivity contribution in [2.45, 2.75) is 31.7 Å². The predicted octanol–water partition coefficient (Wildman–Crippen LogP) is 1.19. The highest BCUT2D eigenvalue weighted by molar-refractivity contribution is 5.87. The van der Waals surface area contributed by atoms with Crippen LogP contribution in [0, 0.1) is 0 Å². The van der Waals surface area contributed by atoms with Gasteiger partial charge in [-0.1, -0.05) is 13.0 Å². The van der Waals surface area contributed by atoms with Gasteiger partial charge in [-0.05, 0) is 32.9 Å². The summed E-state index contributed by atoms with van der Waals surface area (Å²) < 4.78 is 0. The first-order valence-electron chi connectivity index (χ1n) is 7.48. The number of nitrogens with zero attached hydrogens (tertiary/aromatic N) is 3. The van der Waals surface area contributed by atoms with Gasteiger partial charge >= 0.3 is 0 Å². The number of carbonyl (C=O) groups excluding carboxylic acids is 1. The van der Waals surface area contributed by atoms with E-state index in [9.17, 15) is 4.79 Å². The van der Waals surface area contributed by atoms with Crippen LogP contribution in [-0.2, 0) is 4.79 Å². The number of hydrogen-bond donors (Lipinski definition) is 0. The molecule has 2 rings (SSSR count). The first kappa shape index (κ1) is 14.5. The standard InChI is InChI=1S/C15H27N3O/c1-4-8-17-10-6-15(7-11-17)14(19)18(9-5-2)13-12-16(15)3/h5H,2,4,6-13H2,1,3H3. The monoisotopic (exact) mass is 265 g/mol. The topological polar surface area (TPSA) is 26.8 Å². The summed E-state index contributed by atoms with van der Waals surface area (Å²) in [4.78, 5) is 19.5. The maximum atomic E-state index is 12.8. The Balaban J connectivity index is 2.07. The molecule has 1 amide bonds. The van der Waals surface area contributed by atoms with Crippen LogP contribution in [-0.4, -0.2) is 72.5 Å². The molecular formula is C15H27N3O. The van der Waals surface area contributed by atoms with Crippen LogP contribution in [0.1, 0.15) is 26.2 Å². The van der Waals surface area contributed by atoms with Crippen molar-refractivity contribution in [1.29, 1.82) is 0 Å². The first-order valence-corrected chi connectivity index (χ1v) is 7.48. The van der Waals surface area contributed by atoms with Crippen LogP contribution in [0.4, 0.5) is 0 Å². The summed E-state index contributed by atoms with van der Waals surface area (Å²) in [6.07, 6.45) is 4.97. The lowest BCUT2D eigenvalue weighted by atomic mass is 9.82. The third kappa shape index (κ3) is 2.70. The number of likely N-dealkylation sites (tertiary alicyclic amines) is 1. The molecule has 0 bridgehead atoms. The van der Waals surface area contributed by atoms with Crippen molar-refractivity contribution in [3.8, 4) is 0 Å². The minimum Gasteiger partial charge on any atom is -0.336 e. The molecule has 4 heteroatoms. The smallest absolute Gasteiger partial charge is 0.243 e.